The number of nitrogens with zero attached hydrogens (tertiary/aromatic N) is 1. The van der Waals surface area contributed by atoms with Gasteiger partial charge < -0.3 is 15.6 Å². The molecule has 0 radical (unpaired) electrons. The summed E-state index contributed by atoms with van der Waals surface area (Å²) in [5.74, 6) is -0.0655. The zero-order valence-electron chi connectivity index (χ0n) is 12.6. The minimum Gasteiger partial charge on any atom is -0.380 e. The van der Waals surface area contributed by atoms with E-state index < -0.39 is 0 Å². The molecule has 0 aliphatic heterocycles. The molecule has 3 rings (SSSR count). The van der Waals surface area contributed by atoms with Crippen LogP contribution in [-0.4, -0.2) is 22.4 Å². The predicted octanol–water partition coefficient (Wildman–Crippen LogP) is 3.06. The lowest BCUT2D eigenvalue weighted by Gasteiger charge is -2.08. The van der Waals surface area contributed by atoms with Gasteiger partial charge in [-0.3, -0.25) is 4.79 Å². The molecular formula is C17H18N4OS. The van der Waals surface area contributed by atoms with Gasteiger partial charge in [0, 0.05) is 47.5 Å². The van der Waals surface area contributed by atoms with Gasteiger partial charge in [-0.25, -0.2) is 4.98 Å². The summed E-state index contributed by atoms with van der Waals surface area (Å²) in [5.41, 5.74) is 2.61. The van der Waals surface area contributed by atoms with E-state index in [-0.39, 0.29) is 5.91 Å². The first-order chi connectivity index (χ1) is 11.3. The fraction of sp³-hybridized carbons (Fsp3) is 0.176. The molecule has 1 amide bonds. The number of rotatable bonds is 7. The molecule has 0 spiro atoms. The number of benzene rings is 1. The summed E-state index contributed by atoms with van der Waals surface area (Å²) in [6.07, 6.45) is 4.14. The first-order valence-corrected chi connectivity index (χ1v) is 8.31. The molecular weight excluding hydrogens is 308 g/mol. The molecule has 3 aromatic rings. The summed E-state index contributed by atoms with van der Waals surface area (Å²) < 4.78 is 0. The second-order valence-electron chi connectivity index (χ2n) is 5.10. The number of aromatic amines is 1. The maximum absolute atomic E-state index is 12.2. The first kappa shape index (κ1) is 15.3. The lowest BCUT2D eigenvalue weighted by molar-refractivity contribution is 0.0954. The van der Waals surface area contributed by atoms with Crippen LogP contribution in [0.25, 0.3) is 0 Å². The average molecular weight is 326 g/mol. The Balaban J connectivity index is 1.52. The van der Waals surface area contributed by atoms with Gasteiger partial charge in [-0.1, -0.05) is 12.1 Å². The molecule has 3 N–H and O–H groups in total. The summed E-state index contributed by atoms with van der Waals surface area (Å²) in [6.45, 7) is 1.34. The highest BCUT2D eigenvalue weighted by molar-refractivity contribution is 7.09. The van der Waals surface area contributed by atoms with Gasteiger partial charge in [0.15, 0.2) is 0 Å². The van der Waals surface area contributed by atoms with Crippen LogP contribution in [0, 0.1) is 0 Å². The Hall–Kier alpha value is -2.60. The van der Waals surface area contributed by atoms with Crippen molar-refractivity contribution in [2.24, 2.45) is 0 Å². The van der Waals surface area contributed by atoms with E-state index in [1.165, 1.54) is 4.88 Å². The Morgan fingerprint density at radius 2 is 2.22 bits per heavy atom. The molecule has 0 fully saturated rings. The molecule has 23 heavy (non-hydrogen) atoms. The monoisotopic (exact) mass is 326 g/mol. The summed E-state index contributed by atoms with van der Waals surface area (Å²) in [5, 5.41) is 8.32. The van der Waals surface area contributed by atoms with Gasteiger partial charge in [-0.05, 0) is 29.6 Å². The largest absolute Gasteiger partial charge is 0.380 e. The first-order valence-electron chi connectivity index (χ1n) is 7.43. The number of carbonyl (C=O) groups excluding carboxylic acids is 1. The molecule has 2 heterocycles. The zero-order valence-corrected chi connectivity index (χ0v) is 13.4. The number of amides is 1. The molecule has 0 aliphatic carbocycles. The number of H-pyrrole nitrogens is 1. The summed E-state index contributed by atoms with van der Waals surface area (Å²) in [7, 11) is 0. The SMILES string of the molecule is O=C(NCCc1cnc[nH]1)c1cccc(NCc2cccs2)c1. The Kier molecular flexibility index (Phi) is 5.06. The van der Waals surface area contributed by atoms with Crippen LogP contribution in [-0.2, 0) is 13.0 Å². The minimum absolute atomic E-state index is 0.0655. The van der Waals surface area contributed by atoms with Gasteiger partial charge in [0.05, 0.1) is 6.33 Å². The topological polar surface area (TPSA) is 69.8 Å². The fourth-order valence-electron chi connectivity index (χ4n) is 2.21. The standard InChI is InChI=1S/C17H18N4OS/c22-17(19-7-6-15-10-18-12-21-15)13-3-1-4-14(9-13)20-11-16-5-2-8-23-16/h1-5,8-10,12,20H,6-7,11H2,(H,18,21)(H,19,22). The Morgan fingerprint density at radius 3 is 3.00 bits per heavy atom. The highest BCUT2D eigenvalue weighted by Gasteiger charge is 2.06. The van der Waals surface area contributed by atoms with Crippen LogP contribution in [0.15, 0.2) is 54.3 Å². The highest BCUT2D eigenvalue weighted by Crippen LogP contribution is 2.14. The van der Waals surface area contributed by atoms with Crippen LogP contribution in [0.2, 0.25) is 0 Å². The maximum Gasteiger partial charge on any atom is 0.251 e. The third kappa shape index (κ3) is 4.43. The molecule has 0 unspecified atom stereocenters. The third-order valence-electron chi connectivity index (χ3n) is 3.41. The number of anilines is 1. The molecule has 0 saturated carbocycles. The van der Waals surface area contributed by atoms with E-state index in [2.05, 4.69) is 32.0 Å². The lowest BCUT2D eigenvalue weighted by Crippen LogP contribution is -2.25. The molecule has 6 heteroatoms. The quantitative estimate of drug-likeness (QED) is 0.625. The van der Waals surface area contributed by atoms with Gasteiger partial charge in [0.25, 0.3) is 5.91 Å². The molecule has 0 saturated heterocycles. The number of carbonyl (C=O) groups is 1. The van der Waals surface area contributed by atoms with Crippen molar-refractivity contribution in [3.05, 3.63) is 70.4 Å². The van der Waals surface area contributed by atoms with E-state index in [0.717, 1.165) is 24.3 Å². The van der Waals surface area contributed by atoms with Gasteiger partial charge in [-0.15, -0.1) is 11.3 Å². The van der Waals surface area contributed by atoms with Crippen molar-refractivity contribution in [1.82, 2.24) is 15.3 Å². The van der Waals surface area contributed by atoms with E-state index >= 15 is 0 Å². The van der Waals surface area contributed by atoms with Crippen LogP contribution in [0.1, 0.15) is 20.9 Å². The number of aromatic nitrogens is 2. The summed E-state index contributed by atoms with van der Waals surface area (Å²) >= 11 is 1.71. The number of thiophene rings is 1. The fourth-order valence-corrected chi connectivity index (χ4v) is 2.85. The third-order valence-corrected chi connectivity index (χ3v) is 4.28. The number of imidazole rings is 1. The van der Waals surface area contributed by atoms with Crippen molar-refractivity contribution >= 4 is 22.9 Å². The van der Waals surface area contributed by atoms with E-state index in [0.29, 0.717) is 12.1 Å². The van der Waals surface area contributed by atoms with Crippen LogP contribution in [0.3, 0.4) is 0 Å². The van der Waals surface area contributed by atoms with E-state index in [1.54, 1.807) is 23.9 Å². The van der Waals surface area contributed by atoms with Gasteiger partial charge in [0.1, 0.15) is 0 Å². The van der Waals surface area contributed by atoms with Crippen molar-refractivity contribution in [2.75, 3.05) is 11.9 Å². The second-order valence-corrected chi connectivity index (χ2v) is 6.13. The van der Waals surface area contributed by atoms with Crippen molar-refractivity contribution in [1.29, 1.82) is 0 Å². The Labute approximate surface area is 138 Å². The normalized spacial score (nSPS) is 10.4. The molecule has 118 valence electrons. The minimum atomic E-state index is -0.0655. The summed E-state index contributed by atoms with van der Waals surface area (Å²) in [6, 6.07) is 11.7. The molecule has 0 atom stereocenters. The molecule has 0 aliphatic rings. The van der Waals surface area contributed by atoms with E-state index in [4.69, 9.17) is 0 Å². The molecule has 0 bridgehead atoms. The van der Waals surface area contributed by atoms with Crippen molar-refractivity contribution < 1.29 is 4.79 Å². The molecule has 1 aromatic carbocycles. The van der Waals surface area contributed by atoms with Crippen LogP contribution >= 0.6 is 11.3 Å². The van der Waals surface area contributed by atoms with Crippen molar-refractivity contribution in [2.45, 2.75) is 13.0 Å². The van der Waals surface area contributed by atoms with Gasteiger partial charge in [-0.2, -0.15) is 0 Å². The summed E-state index contributed by atoms with van der Waals surface area (Å²) in [4.78, 5) is 20.4. The number of hydrogen-bond acceptors (Lipinski definition) is 4. The second kappa shape index (κ2) is 7.60. The lowest BCUT2D eigenvalue weighted by atomic mass is 10.2. The van der Waals surface area contributed by atoms with Crippen molar-refractivity contribution in [3.8, 4) is 0 Å². The molecule has 2 aromatic heterocycles. The van der Waals surface area contributed by atoms with Crippen LogP contribution in [0.5, 0.6) is 0 Å². The molecule has 5 nitrogen and oxygen atoms in total. The Morgan fingerprint density at radius 1 is 1.26 bits per heavy atom. The van der Waals surface area contributed by atoms with E-state index in [9.17, 15) is 4.79 Å². The van der Waals surface area contributed by atoms with Gasteiger partial charge in [0.2, 0.25) is 0 Å². The number of hydrogen-bond donors (Lipinski definition) is 3. The highest BCUT2D eigenvalue weighted by atomic mass is 32.1. The Bertz CT molecular complexity index is 738. The van der Waals surface area contributed by atoms with Gasteiger partial charge >= 0.3 is 0 Å². The smallest absolute Gasteiger partial charge is 0.251 e. The van der Waals surface area contributed by atoms with Crippen LogP contribution < -0.4 is 10.6 Å². The maximum atomic E-state index is 12.2. The predicted molar refractivity (Wildman–Crippen MR) is 92.7 cm³/mol. The zero-order chi connectivity index (χ0) is 15.9. The van der Waals surface area contributed by atoms with Crippen molar-refractivity contribution in [3.63, 3.8) is 0 Å². The average Bonchev–Trinajstić information content (AvgIpc) is 3.27. The van der Waals surface area contributed by atoms with E-state index in [1.807, 2.05) is 30.3 Å². The number of nitrogens with one attached hydrogen (secondary N) is 3. The van der Waals surface area contributed by atoms with Crippen LogP contribution in [0.4, 0.5) is 5.69 Å².